The zero-order valence-corrected chi connectivity index (χ0v) is 13.1. The number of ether oxygens (including phenoxy) is 1. The Balaban J connectivity index is 0. The van der Waals surface area contributed by atoms with E-state index in [9.17, 15) is 5.11 Å². The maximum absolute atomic E-state index is 9.34. The van der Waals surface area contributed by atoms with Crippen LogP contribution in [-0.2, 0) is 4.74 Å². The molecule has 90 valence electrons. The molecule has 0 aromatic heterocycles. The van der Waals surface area contributed by atoms with Crippen LogP contribution in [0.2, 0.25) is 0 Å². The number of hydrogen-bond donors (Lipinski definition) is 0. The molecule has 1 rings (SSSR count). The third-order valence-electron chi connectivity index (χ3n) is 2.60. The molecule has 1 atom stereocenters. The van der Waals surface area contributed by atoms with Gasteiger partial charge in [0.05, 0.1) is 6.92 Å². The molecule has 1 aliphatic rings. The fourth-order valence-corrected chi connectivity index (χ4v) is 1.62. The van der Waals surface area contributed by atoms with Gasteiger partial charge in [-0.1, -0.05) is 0 Å². The first-order chi connectivity index (χ1) is 6.97. The molecule has 1 saturated carbocycles. The fraction of sp³-hybridized carbons (Fsp3) is 0.750. The van der Waals surface area contributed by atoms with Crippen LogP contribution in [0, 0.1) is 17.8 Å². The smallest absolute Gasteiger partial charge is 0.800 e. The molecule has 3 nitrogen and oxygen atoms in total. The average molecular weight is 254 g/mol. The monoisotopic (exact) mass is 254 g/mol. The van der Waals surface area contributed by atoms with Crippen molar-refractivity contribution in [1.82, 2.24) is 0 Å². The predicted octanol–water partition coefficient (Wildman–Crippen LogP) is 1.46. The summed E-state index contributed by atoms with van der Waals surface area (Å²) in [5.41, 5.74) is 0. The van der Waals surface area contributed by atoms with Crippen molar-refractivity contribution in [3.8, 4) is 0 Å². The van der Waals surface area contributed by atoms with Crippen LogP contribution in [0.15, 0.2) is 0 Å². The molecule has 4 heteroatoms. The molecular formula is C12H22CaO3. The molecular weight excluding hydrogens is 232 g/mol. The van der Waals surface area contributed by atoms with E-state index < -0.39 is 6.79 Å². The first-order valence-electron chi connectivity index (χ1n) is 5.32. The van der Waals surface area contributed by atoms with E-state index in [-0.39, 0.29) is 43.7 Å². The number of rotatable bonds is 2. The Morgan fingerprint density at radius 3 is 2.25 bits per heavy atom. The number of hydrogen-bond acceptors (Lipinski definition) is 2. The fourth-order valence-electron chi connectivity index (χ4n) is 1.62. The van der Waals surface area contributed by atoms with Crippen molar-refractivity contribution in [2.45, 2.75) is 47.0 Å². The van der Waals surface area contributed by atoms with Gasteiger partial charge >= 0.3 is 43.7 Å². The van der Waals surface area contributed by atoms with Gasteiger partial charge in [-0.05, 0) is 0 Å². The summed E-state index contributed by atoms with van der Waals surface area (Å²) in [5, 5.41) is 9.34. The van der Waals surface area contributed by atoms with E-state index in [0.29, 0.717) is 0 Å². The molecule has 1 unspecified atom stereocenters. The maximum atomic E-state index is 9.34. The van der Waals surface area contributed by atoms with Crippen molar-refractivity contribution in [2.24, 2.45) is 5.92 Å². The minimum atomic E-state index is -0.706. The normalized spacial score (nSPS) is 19.8. The molecule has 1 fully saturated rings. The molecule has 0 bridgehead atoms. The van der Waals surface area contributed by atoms with Gasteiger partial charge in [0.25, 0.3) is 0 Å². The molecule has 0 aromatic rings. The van der Waals surface area contributed by atoms with Crippen LogP contribution < -0.4 is 5.11 Å². The summed E-state index contributed by atoms with van der Waals surface area (Å²) in [4.78, 5) is 8.05. The number of esters is 1. The first kappa shape index (κ1) is 19.0. The molecule has 1 aliphatic carbocycles. The van der Waals surface area contributed by atoms with Crippen LogP contribution in [0.1, 0.15) is 47.0 Å². The van der Waals surface area contributed by atoms with Gasteiger partial charge in [0.1, 0.15) is 6.79 Å². The van der Waals surface area contributed by atoms with Crippen LogP contribution in [0.5, 0.6) is 0 Å². The van der Waals surface area contributed by atoms with Gasteiger partial charge in [0.2, 0.25) is 0 Å². The van der Waals surface area contributed by atoms with E-state index in [1.54, 1.807) is 11.8 Å². The van der Waals surface area contributed by atoms with E-state index in [0.717, 1.165) is 5.92 Å². The predicted molar refractivity (Wildman–Crippen MR) is 65.2 cm³/mol. The van der Waals surface area contributed by atoms with Crippen LogP contribution >= 0.6 is 0 Å². The van der Waals surface area contributed by atoms with Crippen molar-refractivity contribution in [1.29, 1.82) is 0 Å². The van der Waals surface area contributed by atoms with E-state index in [4.69, 9.17) is 4.79 Å². The van der Waals surface area contributed by atoms with Gasteiger partial charge in [-0.2, -0.15) is 33.1 Å². The Morgan fingerprint density at radius 1 is 1.56 bits per heavy atom. The van der Waals surface area contributed by atoms with Gasteiger partial charge in [-0.3, -0.25) is 0 Å². The van der Waals surface area contributed by atoms with Gasteiger partial charge in [0.15, 0.2) is 0 Å². The number of carbonyl (C=O) groups excluding carboxylic acids is 1. The minimum Gasteiger partial charge on any atom is -0.800 e. The standard InChI is InChI=1S/C9H16.C3H5O3.Ca/c1-7(2)9-5-4-8(3)6-9;1-3(5)6-2-4;/h9H,4-6H2,1-3H3;2H2,1H3;/q-2;-1;+2/p+1. The second kappa shape index (κ2) is 10.8. The van der Waals surface area contributed by atoms with Gasteiger partial charge < -0.3 is 26.5 Å². The van der Waals surface area contributed by atoms with Crippen molar-refractivity contribution in [3.63, 3.8) is 0 Å². The first-order valence-corrected chi connectivity index (χ1v) is 5.32. The summed E-state index contributed by atoms with van der Waals surface area (Å²) >= 11 is 0. The Labute approximate surface area is 129 Å². The molecule has 1 N–H and O–H groups in total. The summed E-state index contributed by atoms with van der Waals surface area (Å²) in [6.45, 7) is 7.38. The molecule has 0 saturated heterocycles. The van der Waals surface area contributed by atoms with Crippen LogP contribution in [0.25, 0.3) is 0 Å². The van der Waals surface area contributed by atoms with Crippen LogP contribution in [-0.4, -0.2) is 55.3 Å². The maximum Gasteiger partial charge on any atom is 2.00 e. The summed E-state index contributed by atoms with van der Waals surface area (Å²) < 4.78 is 3.96. The second-order valence-corrected chi connectivity index (χ2v) is 4.26. The topological polar surface area (TPSA) is 53.7 Å². The molecule has 0 amide bonds. The summed E-state index contributed by atoms with van der Waals surface area (Å²) in [6.07, 6.45) is 4.15. The van der Waals surface area contributed by atoms with Crippen molar-refractivity contribution in [2.75, 3.05) is 6.79 Å². The SMILES string of the molecule is CC(=[OH+])OC[O-].C[C-]1CCC([C-](C)C)C1.[Ca+2]. The third kappa shape index (κ3) is 9.88. The molecule has 0 spiro atoms. The van der Waals surface area contributed by atoms with E-state index in [1.165, 1.54) is 26.2 Å². The quantitative estimate of drug-likeness (QED) is 0.246. The zero-order chi connectivity index (χ0) is 11.8. The summed E-state index contributed by atoms with van der Waals surface area (Å²) in [6, 6.07) is 0. The Morgan fingerprint density at radius 2 is 2.12 bits per heavy atom. The molecule has 0 radical (unpaired) electrons. The van der Waals surface area contributed by atoms with Crippen molar-refractivity contribution < 1.29 is 14.6 Å². The van der Waals surface area contributed by atoms with E-state index >= 15 is 0 Å². The van der Waals surface area contributed by atoms with Crippen LogP contribution in [0.3, 0.4) is 0 Å². The Bertz CT molecular complexity index is 183. The third-order valence-corrected chi connectivity index (χ3v) is 2.60. The Kier molecular flexibility index (Phi) is 12.9. The van der Waals surface area contributed by atoms with Crippen molar-refractivity contribution >= 4 is 43.7 Å². The second-order valence-electron chi connectivity index (χ2n) is 4.26. The van der Waals surface area contributed by atoms with E-state index in [1.807, 2.05) is 0 Å². The molecule has 0 aliphatic heterocycles. The zero-order valence-electron chi connectivity index (χ0n) is 10.9. The summed E-state index contributed by atoms with van der Waals surface area (Å²) in [7, 11) is 0. The summed E-state index contributed by atoms with van der Waals surface area (Å²) in [5.74, 6) is 3.96. The minimum absolute atomic E-state index is 0. The largest absolute Gasteiger partial charge is 2.00 e. The van der Waals surface area contributed by atoms with E-state index in [2.05, 4.69) is 25.5 Å². The van der Waals surface area contributed by atoms with Crippen molar-refractivity contribution in [3.05, 3.63) is 11.8 Å². The molecule has 16 heavy (non-hydrogen) atoms. The van der Waals surface area contributed by atoms with Crippen LogP contribution in [0.4, 0.5) is 0 Å². The van der Waals surface area contributed by atoms with Gasteiger partial charge in [0, 0.05) is 0 Å². The average Bonchev–Trinajstić information content (AvgIpc) is 2.52. The van der Waals surface area contributed by atoms with Gasteiger partial charge in [-0.15, -0.1) is 6.42 Å². The van der Waals surface area contributed by atoms with Gasteiger partial charge in [-0.25, -0.2) is 6.42 Å². The Hall–Kier alpha value is 0.690. The molecule has 0 heterocycles. The molecule has 0 aromatic carbocycles.